The molecule has 2 aliphatic rings. The zero-order valence-corrected chi connectivity index (χ0v) is 10.3. The summed E-state index contributed by atoms with van der Waals surface area (Å²) in [5.74, 6) is 2.43. The van der Waals surface area contributed by atoms with Crippen LogP contribution in [0.15, 0.2) is 0 Å². The van der Waals surface area contributed by atoms with Gasteiger partial charge in [-0.15, -0.1) is 0 Å². The molecule has 0 saturated carbocycles. The van der Waals surface area contributed by atoms with Crippen molar-refractivity contribution in [3.63, 3.8) is 0 Å². The number of rotatable bonds is 6. The van der Waals surface area contributed by atoms with Gasteiger partial charge in [0.05, 0.1) is 26.4 Å². The van der Waals surface area contributed by atoms with Gasteiger partial charge in [-0.25, -0.2) is 0 Å². The molecular formula is C10H20O3Si. The normalized spacial score (nSPS) is 24.4. The zero-order chi connectivity index (χ0) is 9.80. The Balaban J connectivity index is 1.73. The highest BCUT2D eigenvalue weighted by molar-refractivity contribution is 6.27. The highest BCUT2D eigenvalue weighted by Crippen LogP contribution is 2.34. The van der Waals surface area contributed by atoms with Gasteiger partial charge in [0.15, 0.2) is 9.76 Å². The molecule has 2 aliphatic heterocycles. The van der Waals surface area contributed by atoms with Gasteiger partial charge in [-0.1, -0.05) is 0 Å². The Bertz CT molecular complexity index is 155. The quantitative estimate of drug-likeness (QED) is 0.476. The fourth-order valence-electron chi connectivity index (χ4n) is 2.22. The molecule has 82 valence electrons. The Hall–Kier alpha value is 0.0969. The van der Waals surface area contributed by atoms with Gasteiger partial charge in [0.1, 0.15) is 0 Å². The molecule has 14 heavy (non-hydrogen) atoms. The van der Waals surface area contributed by atoms with Crippen LogP contribution in [0.3, 0.4) is 0 Å². The van der Waals surface area contributed by atoms with Crippen LogP contribution in [0.1, 0.15) is 6.92 Å². The van der Waals surface area contributed by atoms with Crippen molar-refractivity contribution in [1.82, 2.24) is 0 Å². The van der Waals surface area contributed by atoms with Gasteiger partial charge in [-0.05, 0) is 18.9 Å². The topological polar surface area (TPSA) is 27.7 Å². The van der Waals surface area contributed by atoms with E-state index in [-0.39, 0.29) is 9.76 Å². The van der Waals surface area contributed by atoms with Crippen molar-refractivity contribution in [3.05, 3.63) is 0 Å². The second kappa shape index (κ2) is 5.26. The molecule has 0 amide bonds. The van der Waals surface area contributed by atoms with Crippen molar-refractivity contribution < 1.29 is 13.9 Å². The molecule has 0 aromatic heterocycles. The monoisotopic (exact) mass is 216 g/mol. The predicted octanol–water partition coefficient (Wildman–Crippen LogP) is 0.434. The lowest BCUT2D eigenvalue weighted by Gasteiger charge is -2.42. The van der Waals surface area contributed by atoms with E-state index in [4.69, 9.17) is 13.9 Å². The first-order valence-corrected chi connectivity index (χ1v) is 7.22. The molecule has 0 N–H and O–H groups in total. The van der Waals surface area contributed by atoms with Crippen molar-refractivity contribution in [2.45, 2.75) is 13.0 Å². The molecule has 4 heteroatoms. The number of hydrogen-bond acceptors (Lipinski definition) is 3. The van der Waals surface area contributed by atoms with Crippen LogP contribution in [0.5, 0.6) is 0 Å². The fraction of sp³-hybridized carbons (Fsp3) is 1.00. The van der Waals surface area contributed by atoms with Gasteiger partial charge >= 0.3 is 0 Å². The van der Waals surface area contributed by atoms with Gasteiger partial charge in [0.2, 0.25) is 0 Å². The minimum Gasteiger partial charge on any atom is -0.424 e. The van der Waals surface area contributed by atoms with E-state index in [1.807, 2.05) is 0 Å². The SMILES string of the molecule is CCO[SiH2]CC(C1COC1)C1COC1. The van der Waals surface area contributed by atoms with Crippen molar-refractivity contribution in [3.8, 4) is 0 Å². The lowest BCUT2D eigenvalue weighted by Crippen LogP contribution is -2.45. The molecule has 2 rings (SSSR count). The first kappa shape index (κ1) is 10.6. The molecule has 0 bridgehead atoms. The van der Waals surface area contributed by atoms with E-state index in [1.165, 1.54) is 6.04 Å². The largest absolute Gasteiger partial charge is 0.424 e. The summed E-state index contributed by atoms with van der Waals surface area (Å²) in [7, 11) is -0.284. The Morgan fingerprint density at radius 2 is 1.79 bits per heavy atom. The fourth-order valence-corrected chi connectivity index (χ4v) is 3.89. The van der Waals surface area contributed by atoms with Gasteiger partial charge < -0.3 is 13.9 Å². The van der Waals surface area contributed by atoms with E-state index >= 15 is 0 Å². The molecule has 0 unspecified atom stereocenters. The predicted molar refractivity (Wildman–Crippen MR) is 57.1 cm³/mol. The summed E-state index contributed by atoms with van der Waals surface area (Å²) in [5, 5.41) is 0. The lowest BCUT2D eigenvalue weighted by molar-refractivity contribution is -0.123. The average Bonchev–Trinajstić information content (AvgIpc) is 1.98. The maximum atomic E-state index is 5.56. The molecule has 3 nitrogen and oxygen atoms in total. The van der Waals surface area contributed by atoms with Crippen LogP contribution < -0.4 is 0 Å². The molecular weight excluding hydrogens is 196 g/mol. The second-order valence-electron chi connectivity index (χ2n) is 4.24. The summed E-state index contributed by atoms with van der Waals surface area (Å²) in [6.07, 6.45) is 0. The van der Waals surface area contributed by atoms with Crippen LogP contribution >= 0.6 is 0 Å². The second-order valence-corrected chi connectivity index (χ2v) is 5.64. The third-order valence-corrected chi connectivity index (χ3v) is 4.94. The van der Waals surface area contributed by atoms with Crippen LogP contribution in [0.25, 0.3) is 0 Å². The van der Waals surface area contributed by atoms with Gasteiger partial charge in [0, 0.05) is 18.4 Å². The van der Waals surface area contributed by atoms with Crippen LogP contribution in [0.4, 0.5) is 0 Å². The highest BCUT2D eigenvalue weighted by atomic mass is 28.2. The average molecular weight is 216 g/mol. The number of hydrogen-bond donors (Lipinski definition) is 0. The Morgan fingerprint density at radius 1 is 1.21 bits per heavy atom. The van der Waals surface area contributed by atoms with Crippen LogP contribution in [0.2, 0.25) is 6.04 Å². The smallest absolute Gasteiger partial charge is 0.161 e. The maximum Gasteiger partial charge on any atom is 0.161 e. The standard InChI is InChI=1S/C10H20O3Si/c1-2-13-14-7-10(8-3-11-4-8)9-5-12-6-9/h8-10H,2-7,14H2,1H3. The summed E-state index contributed by atoms with van der Waals surface area (Å²) >= 11 is 0. The van der Waals surface area contributed by atoms with E-state index in [0.717, 1.165) is 50.8 Å². The minimum absolute atomic E-state index is 0.284. The molecule has 0 aliphatic carbocycles. The highest BCUT2D eigenvalue weighted by Gasteiger charge is 2.37. The Kier molecular flexibility index (Phi) is 3.98. The van der Waals surface area contributed by atoms with E-state index in [0.29, 0.717) is 0 Å². The van der Waals surface area contributed by atoms with Crippen molar-refractivity contribution >= 4 is 9.76 Å². The van der Waals surface area contributed by atoms with Crippen LogP contribution in [-0.2, 0) is 13.9 Å². The lowest BCUT2D eigenvalue weighted by atomic mass is 9.80. The van der Waals surface area contributed by atoms with E-state index in [2.05, 4.69) is 6.92 Å². The van der Waals surface area contributed by atoms with Gasteiger partial charge in [-0.3, -0.25) is 0 Å². The van der Waals surface area contributed by atoms with Gasteiger partial charge in [-0.2, -0.15) is 0 Å². The van der Waals surface area contributed by atoms with Crippen molar-refractivity contribution in [2.75, 3.05) is 33.0 Å². The van der Waals surface area contributed by atoms with Crippen molar-refractivity contribution in [2.24, 2.45) is 17.8 Å². The Morgan fingerprint density at radius 3 is 2.14 bits per heavy atom. The van der Waals surface area contributed by atoms with E-state index < -0.39 is 0 Å². The first-order chi connectivity index (χ1) is 6.92. The summed E-state index contributed by atoms with van der Waals surface area (Å²) in [6.45, 7) is 6.87. The molecule has 0 aromatic rings. The summed E-state index contributed by atoms with van der Waals surface area (Å²) in [6, 6.07) is 1.32. The third-order valence-electron chi connectivity index (χ3n) is 3.34. The molecule has 0 atom stereocenters. The van der Waals surface area contributed by atoms with Crippen LogP contribution in [-0.4, -0.2) is 42.8 Å². The maximum absolute atomic E-state index is 5.56. The summed E-state index contributed by atoms with van der Waals surface area (Å²) in [5.41, 5.74) is 0. The van der Waals surface area contributed by atoms with E-state index in [9.17, 15) is 0 Å². The van der Waals surface area contributed by atoms with Crippen molar-refractivity contribution in [1.29, 1.82) is 0 Å². The molecule has 0 spiro atoms. The Labute approximate surface area is 88.1 Å². The molecule has 0 radical (unpaired) electrons. The van der Waals surface area contributed by atoms with Crippen LogP contribution in [0, 0.1) is 17.8 Å². The number of ether oxygens (including phenoxy) is 2. The summed E-state index contributed by atoms with van der Waals surface area (Å²) in [4.78, 5) is 0. The molecule has 2 saturated heterocycles. The van der Waals surface area contributed by atoms with Gasteiger partial charge in [0.25, 0.3) is 0 Å². The molecule has 0 aromatic carbocycles. The zero-order valence-electron chi connectivity index (χ0n) is 8.91. The third kappa shape index (κ3) is 2.37. The summed E-state index contributed by atoms with van der Waals surface area (Å²) < 4.78 is 16.1. The minimum atomic E-state index is -0.284. The molecule has 2 fully saturated rings. The molecule has 2 heterocycles. The van der Waals surface area contributed by atoms with E-state index in [1.54, 1.807) is 0 Å². The first-order valence-electron chi connectivity index (χ1n) is 5.65.